The van der Waals surface area contributed by atoms with Crippen molar-refractivity contribution in [3.05, 3.63) is 58.1 Å². The minimum Gasteiger partial charge on any atom is -0.453 e. The monoisotopic (exact) mass is 344 g/mol. The van der Waals surface area contributed by atoms with Gasteiger partial charge in [0.15, 0.2) is 11.6 Å². The van der Waals surface area contributed by atoms with Crippen LogP contribution in [0.25, 0.3) is 0 Å². The molecule has 19 heavy (non-hydrogen) atoms. The zero-order chi connectivity index (χ0) is 13.8. The Hall–Kier alpha value is -1.07. The van der Waals surface area contributed by atoms with E-state index in [4.69, 9.17) is 4.74 Å². The van der Waals surface area contributed by atoms with Gasteiger partial charge in [0.05, 0.1) is 4.47 Å². The van der Waals surface area contributed by atoms with Gasteiger partial charge in [0.25, 0.3) is 0 Å². The van der Waals surface area contributed by atoms with E-state index in [1.807, 2.05) is 18.4 Å². The molecule has 2 aromatic carbocycles. The van der Waals surface area contributed by atoms with Crippen LogP contribution in [0.15, 0.2) is 40.9 Å². The van der Waals surface area contributed by atoms with Crippen molar-refractivity contribution in [2.45, 2.75) is 5.75 Å². The van der Waals surface area contributed by atoms with Crippen LogP contribution in [-0.2, 0) is 5.75 Å². The maximum Gasteiger partial charge on any atom is 0.168 e. The van der Waals surface area contributed by atoms with E-state index in [1.54, 1.807) is 17.8 Å². The van der Waals surface area contributed by atoms with E-state index in [-0.39, 0.29) is 5.75 Å². The lowest BCUT2D eigenvalue weighted by atomic mass is 10.2. The van der Waals surface area contributed by atoms with Crippen LogP contribution in [-0.4, -0.2) is 6.26 Å². The van der Waals surface area contributed by atoms with Crippen LogP contribution in [0.3, 0.4) is 0 Å². The van der Waals surface area contributed by atoms with Crippen LogP contribution >= 0.6 is 27.7 Å². The number of hydrogen-bond acceptors (Lipinski definition) is 2. The van der Waals surface area contributed by atoms with Crippen LogP contribution in [0.5, 0.6) is 11.5 Å². The van der Waals surface area contributed by atoms with E-state index < -0.39 is 11.6 Å². The molecule has 0 spiro atoms. The van der Waals surface area contributed by atoms with Gasteiger partial charge in [0, 0.05) is 11.8 Å². The summed E-state index contributed by atoms with van der Waals surface area (Å²) >= 11 is 5.10. The number of ether oxygens (including phenoxy) is 1. The molecule has 0 amide bonds. The van der Waals surface area contributed by atoms with E-state index >= 15 is 0 Å². The molecule has 0 saturated heterocycles. The highest BCUT2D eigenvalue weighted by atomic mass is 79.9. The third kappa shape index (κ3) is 3.70. The molecule has 2 rings (SSSR count). The first-order valence-electron chi connectivity index (χ1n) is 5.50. The first kappa shape index (κ1) is 14.3. The Morgan fingerprint density at radius 1 is 1.11 bits per heavy atom. The lowest BCUT2D eigenvalue weighted by Crippen LogP contribution is -1.91. The van der Waals surface area contributed by atoms with E-state index in [0.717, 1.165) is 27.9 Å². The zero-order valence-corrected chi connectivity index (χ0v) is 12.5. The van der Waals surface area contributed by atoms with Crippen molar-refractivity contribution < 1.29 is 13.5 Å². The zero-order valence-electron chi connectivity index (χ0n) is 10.1. The van der Waals surface area contributed by atoms with Crippen molar-refractivity contribution in [1.82, 2.24) is 0 Å². The Morgan fingerprint density at radius 2 is 1.84 bits per heavy atom. The summed E-state index contributed by atoms with van der Waals surface area (Å²) in [4.78, 5) is 0. The number of rotatable bonds is 4. The highest BCUT2D eigenvalue weighted by molar-refractivity contribution is 9.10. The molecule has 0 fully saturated rings. The summed E-state index contributed by atoms with van der Waals surface area (Å²) in [6, 6.07) is 8.83. The van der Waals surface area contributed by atoms with Gasteiger partial charge in [-0.15, -0.1) is 0 Å². The summed E-state index contributed by atoms with van der Waals surface area (Å²) in [6.07, 6.45) is 2.02. The lowest BCUT2D eigenvalue weighted by Gasteiger charge is -2.10. The fourth-order valence-corrected chi connectivity index (χ4v) is 2.58. The molecule has 0 unspecified atom stereocenters. The molecule has 0 radical (unpaired) electrons. The average molecular weight is 345 g/mol. The molecule has 0 aliphatic rings. The molecule has 100 valence electrons. The van der Waals surface area contributed by atoms with Crippen LogP contribution in [0.2, 0.25) is 0 Å². The van der Waals surface area contributed by atoms with Crippen LogP contribution in [0, 0.1) is 11.6 Å². The van der Waals surface area contributed by atoms with Gasteiger partial charge in [0.2, 0.25) is 0 Å². The standard InChI is InChI=1S/C14H11BrF2OS/c1-19-8-9-2-4-13(11(15)6-9)18-14-5-3-10(16)7-12(14)17/h2-7H,8H2,1H3. The lowest BCUT2D eigenvalue weighted by molar-refractivity contribution is 0.435. The van der Waals surface area contributed by atoms with Gasteiger partial charge in [-0.05, 0) is 52.0 Å². The molecule has 0 atom stereocenters. The molecule has 0 aromatic heterocycles. The molecule has 5 heteroatoms. The first-order valence-corrected chi connectivity index (χ1v) is 7.69. The Kier molecular flexibility index (Phi) is 4.82. The smallest absolute Gasteiger partial charge is 0.168 e. The Morgan fingerprint density at radius 3 is 2.47 bits per heavy atom. The second-order valence-electron chi connectivity index (χ2n) is 3.87. The van der Waals surface area contributed by atoms with Crippen molar-refractivity contribution in [2.75, 3.05) is 6.26 Å². The highest BCUT2D eigenvalue weighted by Gasteiger charge is 2.09. The summed E-state index contributed by atoms with van der Waals surface area (Å²) in [5, 5.41) is 0. The summed E-state index contributed by atoms with van der Waals surface area (Å²) < 4.78 is 32.5. The third-order valence-electron chi connectivity index (χ3n) is 2.42. The molecule has 0 saturated carbocycles. The van der Waals surface area contributed by atoms with Gasteiger partial charge in [-0.3, -0.25) is 0 Å². The molecule has 0 aliphatic carbocycles. The maximum atomic E-state index is 13.5. The summed E-state index contributed by atoms with van der Waals surface area (Å²) in [6.45, 7) is 0. The third-order valence-corrected chi connectivity index (χ3v) is 3.66. The minimum atomic E-state index is -0.722. The molecular formula is C14H11BrF2OS. The maximum absolute atomic E-state index is 13.5. The van der Waals surface area contributed by atoms with E-state index in [0.29, 0.717) is 5.75 Å². The molecule has 0 aliphatic heterocycles. The summed E-state index contributed by atoms with van der Waals surface area (Å²) in [7, 11) is 0. The topological polar surface area (TPSA) is 9.23 Å². The normalized spacial score (nSPS) is 10.5. The summed E-state index contributed by atoms with van der Waals surface area (Å²) in [5.41, 5.74) is 1.14. The fourth-order valence-electron chi connectivity index (χ4n) is 1.56. The molecule has 0 N–H and O–H groups in total. The number of halogens is 3. The van der Waals surface area contributed by atoms with Crippen molar-refractivity contribution >= 4 is 27.7 Å². The van der Waals surface area contributed by atoms with Gasteiger partial charge in [0.1, 0.15) is 11.6 Å². The van der Waals surface area contributed by atoms with Crippen molar-refractivity contribution in [3.8, 4) is 11.5 Å². The van der Waals surface area contributed by atoms with Crippen molar-refractivity contribution in [3.63, 3.8) is 0 Å². The minimum absolute atomic E-state index is 0.000262. The van der Waals surface area contributed by atoms with Gasteiger partial charge in [-0.2, -0.15) is 11.8 Å². The first-order chi connectivity index (χ1) is 9.10. The second-order valence-corrected chi connectivity index (χ2v) is 5.59. The van der Waals surface area contributed by atoms with Crippen LogP contribution in [0.1, 0.15) is 5.56 Å². The number of hydrogen-bond donors (Lipinski definition) is 0. The van der Waals surface area contributed by atoms with Gasteiger partial charge >= 0.3 is 0 Å². The molecule has 2 aromatic rings. The van der Waals surface area contributed by atoms with E-state index in [2.05, 4.69) is 15.9 Å². The van der Waals surface area contributed by atoms with Crippen LogP contribution in [0.4, 0.5) is 8.78 Å². The Labute approximate surface area is 123 Å². The molecule has 0 heterocycles. The number of benzene rings is 2. The number of thioether (sulfide) groups is 1. The van der Waals surface area contributed by atoms with Crippen molar-refractivity contribution in [2.24, 2.45) is 0 Å². The predicted molar refractivity (Wildman–Crippen MR) is 77.8 cm³/mol. The quantitative estimate of drug-likeness (QED) is 0.736. The summed E-state index contributed by atoms with van der Waals surface area (Å²) in [5.74, 6) is 0.0402. The largest absolute Gasteiger partial charge is 0.453 e. The van der Waals surface area contributed by atoms with Gasteiger partial charge in [-0.1, -0.05) is 6.07 Å². The van der Waals surface area contributed by atoms with E-state index in [9.17, 15) is 8.78 Å². The molecule has 0 bridgehead atoms. The van der Waals surface area contributed by atoms with Gasteiger partial charge < -0.3 is 4.74 Å². The predicted octanol–water partition coefficient (Wildman–Crippen LogP) is 5.38. The van der Waals surface area contributed by atoms with E-state index in [1.165, 1.54) is 6.07 Å². The highest BCUT2D eigenvalue weighted by Crippen LogP contribution is 2.32. The second kappa shape index (κ2) is 6.39. The average Bonchev–Trinajstić information content (AvgIpc) is 2.36. The Balaban J connectivity index is 2.23. The van der Waals surface area contributed by atoms with Crippen molar-refractivity contribution in [1.29, 1.82) is 0 Å². The van der Waals surface area contributed by atoms with Gasteiger partial charge in [-0.25, -0.2) is 8.78 Å². The van der Waals surface area contributed by atoms with Crippen LogP contribution < -0.4 is 4.74 Å². The SMILES string of the molecule is CSCc1ccc(Oc2ccc(F)cc2F)c(Br)c1. The molecule has 1 nitrogen and oxygen atoms in total. The fraction of sp³-hybridized carbons (Fsp3) is 0.143. The molecular weight excluding hydrogens is 334 g/mol. The Bertz CT molecular complexity index is 590.